The molecule has 1 saturated heterocycles. The second-order valence-electron chi connectivity index (χ2n) is 4.27. The van der Waals surface area contributed by atoms with Crippen LogP contribution in [0.1, 0.15) is 20.8 Å². The third-order valence-corrected chi connectivity index (χ3v) is 4.65. The Bertz CT molecular complexity index is 153. The first-order valence-corrected chi connectivity index (χ1v) is 5.97. The highest BCUT2D eigenvalue weighted by atomic mass is 32.2. The lowest BCUT2D eigenvalue weighted by Crippen LogP contribution is -2.55. The number of hydrogen-bond donors (Lipinski definition) is 1. The molecule has 0 bridgehead atoms. The summed E-state index contributed by atoms with van der Waals surface area (Å²) in [6.45, 7) is 8.73. The maximum absolute atomic E-state index is 5.30. The van der Waals surface area contributed by atoms with Gasteiger partial charge in [0, 0.05) is 7.11 Å². The molecule has 0 radical (unpaired) electrons. The molecule has 0 amide bonds. The van der Waals surface area contributed by atoms with Crippen LogP contribution in [0.2, 0.25) is 0 Å². The summed E-state index contributed by atoms with van der Waals surface area (Å²) in [6.07, 6.45) is 0. The van der Waals surface area contributed by atoms with Crippen molar-refractivity contribution in [3.05, 3.63) is 0 Å². The van der Waals surface area contributed by atoms with E-state index in [1.165, 1.54) is 5.75 Å². The molecule has 0 aromatic heterocycles. The van der Waals surface area contributed by atoms with Gasteiger partial charge < -0.3 is 10.1 Å². The van der Waals surface area contributed by atoms with Crippen molar-refractivity contribution in [2.24, 2.45) is 11.8 Å². The molecule has 2 atom stereocenters. The molecular formula is C10H21NOS. The maximum atomic E-state index is 5.30. The zero-order valence-corrected chi connectivity index (χ0v) is 9.91. The van der Waals surface area contributed by atoms with Gasteiger partial charge >= 0.3 is 0 Å². The van der Waals surface area contributed by atoms with Gasteiger partial charge in [0.25, 0.3) is 0 Å². The highest BCUT2D eigenvalue weighted by Gasteiger charge is 2.37. The summed E-state index contributed by atoms with van der Waals surface area (Å²) in [5, 5.41) is 3.62. The molecule has 0 saturated carbocycles. The molecule has 1 aliphatic heterocycles. The number of ether oxygens (including phenoxy) is 1. The lowest BCUT2D eigenvalue weighted by Gasteiger charge is -2.42. The van der Waals surface area contributed by atoms with Crippen molar-refractivity contribution in [1.82, 2.24) is 5.32 Å². The van der Waals surface area contributed by atoms with Gasteiger partial charge in [-0.2, -0.15) is 0 Å². The summed E-state index contributed by atoms with van der Waals surface area (Å²) in [5.74, 6) is 2.65. The summed E-state index contributed by atoms with van der Waals surface area (Å²) in [6, 6.07) is 0. The summed E-state index contributed by atoms with van der Waals surface area (Å²) in [5.41, 5.74) is 0. The number of methoxy groups -OCH3 is 1. The number of nitrogens with one attached hydrogen (secondary N) is 1. The van der Waals surface area contributed by atoms with Crippen LogP contribution >= 0.6 is 11.8 Å². The largest absolute Gasteiger partial charge is 0.382 e. The van der Waals surface area contributed by atoms with E-state index in [2.05, 4.69) is 26.1 Å². The van der Waals surface area contributed by atoms with Gasteiger partial charge in [-0.25, -0.2) is 0 Å². The molecule has 13 heavy (non-hydrogen) atoms. The van der Waals surface area contributed by atoms with Gasteiger partial charge in [-0.05, 0) is 24.1 Å². The van der Waals surface area contributed by atoms with Crippen LogP contribution in [0.5, 0.6) is 0 Å². The minimum Gasteiger partial charge on any atom is -0.382 e. The Hall–Kier alpha value is 0.270. The molecule has 3 heteroatoms. The SMILES string of the molecule is COCC1(C(C)C)NCC(C)CS1. The van der Waals surface area contributed by atoms with Crippen LogP contribution in [0.4, 0.5) is 0 Å². The van der Waals surface area contributed by atoms with Gasteiger partial charge in [0.1, 0.15) is 0 Å². The van der Waals surface area contributed by atoms with E-state index in [9.17, 15) is 0 Å². The summed E-state index contributed by atoms with van der Waals surface area (Å²) in [4.78, 5) is 0.154. The fourth-order valence-corrected chi connectivity index (χ4v) is 3.01. The number of thioether (sulfide) groups is 1. The van der Waals surface area contributed by atoms with E-state index in [1.807, 2.05) is 11.8 Å². The third-order valence-electron chi connectivity index (χ3n) is 2.67. The van der Waals surface area contributed by atoms with Gasteiger partial charge in [0.05, 0.1) is 11.5 Å². The zero-order valence-electron chi connectivity index (χ0n) is 9.09. The average molecular weight is 203 g/mol. The molecular weight excluding hydrogens is 182 g/mol. The molecule has 1 fully saturated rings. The van der Waals surface area contributed by atoms with E-state index in [-0.39, 0.29) is 4.87 Å². The highest BCUT2D eigenvalue weighted by Crippen LogP contribution is 2.35. The minimum absolute atomic E-state index is 0.154. The lowest BCUT2D eigenvalue weighted by molar-refractivity contribution is 0.125. The minimum atomic E-state index is 0.154. The number of hydrogen-bond acceptors (Lipinski definition) is 3. The molecule has 2 nitrogen and oxygen atoms in total. The molecule has 0 aliphatic carbocycles. The molecule has 0 spiro atoms. The van der Waals surface area contributed by atoms with Crippen LogP contribution in [-0.4, -0.2) is 30.9 Å². The van der Waals surface area contributed by atoms with Crippen LogP contribution in [0.25, 0.3) is 0 Å². The Balaban J connectivity index is 2.58. The van der Waals surface area contributed by atoms with Crippen LogP contribution in [0.15, 0.2) is 0 Å². The van der Waals surface area contributed by atoms with Crippen molar-refractivity contribution in [1.29, 1.82) is 0 Å². The van der Waals surface area contributed by atoms with Gasteiger partial charge in [0.2, 0.25) is 0 Å². The van der Waals surface area contributed by atoms with Crippen LogP contribution in [-0.2, 0) is 4.74 Å². The topological polar surface area (TPSA) is 21.3 Å². The standard InChI is InChI=1S/C10H21NOS/c1-8(2)10(7-12-4)11-5-9(3)6-13-10/h8-9,11H,5-7H2,1-4H3. The van der Waals surface area contributed by atoms with Crippen LogP contribution in [0, 0.1) is 11.8 Å². The predicted octanol–water partition coefficient (Wildman–Crippen LogP) is 1.96. The lowest BCUT2D eigenvalue weighted by atomic mass is 10.0. The normalized spacial score (nSPS) is 35.3. The van der Waals surface area contributed by atoms with E-state index < -0.39 is 0 Å². The highest BCUT2D eigenvalue weighted by molar-refractivity contribution is 8.00. The first-order valence-electron chi connectivity index (χ1n) is 4.98. The second kappa shape index (κ2) is 4.67. The third kappa shape index (κ3) is 2.61. The van der Waals surface area contributed by atoms with Gasteiger partial charge in [-0.3, -0.25) is 0 Å². The first-order chi connectivity index (χ1) is 6.10. The Morgan fingerprint density at radius 3 is 2.69 bits per heavy atom. The quantitative estimate of drug-likeness (QED) is 0.757. The summed E-state index contributed by atoms with van der Waals surface area (Å²) in [7, 11) is 1.78. The Kier molecular flexibility index (Phi) is 4.07. The molecule has 78 valence electrons. The molecule has 1 N–H and O–H groups in total. The summed E-state index contributed by atoms with van der Waals surface area (Å²) >= 11 is 2.02. The Morgan fingerprint density at radius 1 is 1.62 bits per heavy atom. The fourth-order valence-electron chi connectivity index (χ4n) is 1.59. The first kappa shape index (κ1) is 11.3. The van der Waals surface area contributed by atoms with E-state index >= 15 is 0 Å². The van der Waals surface area contributed by atoms with Crippen molar-refractivity contribution in [2.45, 2.75) is 25.6 Å². The van der Waals surface area contributed by atoms with E-state index in [0.717, 1.165) is 19.1 Å². The van der Waals surface area contributed by atoms with Crippen LogP contribution in [0.3, 0.4) is 0 Å². The van der Waals surface area contributed by atoms with E-state index in [4.69, 9.17) is 4.74 Å². The molecule has 1 aliphatic rings. The second-order valence-corrected chi connectivity index (χ2v) is 5.62. The van der Waals surface area contributed by atoms with Crippen molar-refractivity contribution >= 4 is 11.8 Å². The van der Waals surface area contributed by atoms with Crippen molar-refractivity contribution in [3.8, 4) is 0 Å². The molecule has 0 aromatic carbocycles. The van der Waals surface area contributed by atoms with Crippen molar-refractivity contribution < 1.29 is 4.74 Å². The fraction of sp³-hybridized carbons (Fsp3) is 1.00. The Labute approximate surface area is 85.8 Å². The van der Waals surface area contributed by atoms with E-state index in [0.29, 0.717) is 5.92 Å². The smallest absolute Gasteiger partial charge is 0.0904 e. The molecule has 1 rings (SSSR count). The van der Waals surface area contributed by atoms with Gasteiger partial charge in [-0.1, -0.05) is 20.8 Å². The van der Waals surface area contributed by atoms with Crippen LogP contribution < -0.4 is 5.32 Å². The maximum Gasteiger partial charge on any atom is 0.0904 e. The predicted molar refractivity (Wildman–Crippen MR) is 59.1 cm³/mol. The average Bonchev–Trinajstić information content (AvgIpc) is 2.09. The van der Waals surface area contributed by atoms with Crippen molar-refractivity contribution in [3.63, 3.8) is 0 Å². The molecule has 2 unspecified atom stereocenters. The molecule has 0 aromatic rings. The van der Waals surface area contributed by atoms with E-state index in [1.54, 1.807) is 7.11 Å². The Morgan fingerprint density at radius 2 is 2.31 bits per heavy atom. The van der Waals surface area contributed by atoms with Crippen molar-refractivity contribution in [2.75, 3.05) is 26.0 Å². The summed E-state index contributed by atoms with van der Waals surface area (Å²) < 4.78 is 5.30. The zero-order chi connectivity index (χ0) is 9.90. The monoisotopic (exact) mass is 203 g/mol. The van der Waals surface area contributed by atoms with Gasteiger partial charge in [0.15, 0.2) is 0 Å². The number of rotatable bonds is 3. The molecule has 1 heterocycles. The van der Waals surface area contributed by atoms with Gasteiger partial charge in [-0.15, -0.1) is 11.8 Å².